The Labute approximate surface area is 174 Å². The molecule has 148 valence electrons. The average molecular weight is 410 g/mol. The summed E-state index contributed by atoms with van der Waals surface area (Å²) >= 11 is 0. The minimum absolute atomic E-state index is 0. The molecule has 0 amide bonds. The minimum atomic E-state index is 0. The van der Waals surface area contributed by atoms with Gasteiger partial charge in [-0.2, -0.15) is 0 Å². The largest absolute Gasteiger partial charge is 0.493 e. The van der Waals surface area contributed by atoms with Crippen molar-refractivity contribution in [1.82, 2.24) is 9.88 Å². The van der Waals surface area contributed by atoms with Crippen LogP contribution in [0.25, 0.3) is 0 Å². The maximum Gasteiger partial charge on any atom is 0.163 e. The first-order valence-electron chi connectivity index (χ1n) is 9.10. The maximum absolute atomic E-state index is 5.65. The Balaban J connectivity index is 0.00000131. The molecule has 0 spiro atoms. The van der Waals surface area contributed by atoms with Crippen LogP contribution in [0.4, 0.5) is 5.69 Å². The fourth-order valence-corrected chi connectivity index (χ4v) is 4.88. The Morgan fingerprint density at radius 1 is 1.04 bits per heavy atom. The third kappa shape index (κ3) is 3.75. The number of hydrogen-bond acceptors (Lipinski definition) is 4. The molecule has 0 unspecified atom stereocenters. The lowest BCUT2D eigenvalue weighted by Crippen LogP contribution is -2.29. The van der Waals surface area contributed by atoms with E-state index < -0.39 is 0 Å². The van der Waals surface area contributed by atoms with Crippen LogP contribution in [0.15, 0.2) is 36.5 Å². The second kappa shape index (κ2) is 8.68. The number of hydrogen-bond donors (Lipinski definition) is 0. The lowest BCUT2D eigenvalue weighted by atomic mass is 9.88. The van der Waals surface area contributed by atoms with E-state index in [2.05, 4.69) is 59.1 Å². The lowest BCUT2D eigenvalue weighted by molar-refractivity contribution is 0.278. The van der Waals surface area contributed by atoms with E-state index in [-0.39, 0.29) is 24.8 Å². The van der Waals surface area contributed by atoms with Gasteiger partial charge in [-0.05, 0) is 44.0 Å². The maximum atomic E-state index is 5.65. The van der Waals surface area contributed by atoms with Gasteiger partial charge in [0.1, 0.15) is 0 Å². The van der Waals surface area contributed by atoms with Gasteiger partial charge in [0.25, 0.3) is 0 Å². The predicted molar refractivity (Wildman–Crippen MR) is 116 cm³/mol. The minimum Gasteiger partial charge on any atom is -0.493 e. The molecular weight excluding hydrogens is 381 g/mol. The van der Waals surface area contributed by atoms with E-state index in [1.165, 1.54) is 16.8 Å². The van der Waals surface area contributed by atoms with Crippen LogP contribution < -0.4 is 9.64 Å². The summed E-state index contributed by atoms with van der Waals surface area (Å²) in [6.45, 7) is 7.58. The fraction of sp³-hybridized carbons (Fsp3) is 0.476. The van der Waals surface area contributed by atoms with E-state index in [0.29, 0.717) is 17.9 Å². The third-order valence-corrected chi connectivity index (χ3v) is 6.01. The van der Waals surface area contributed by atoms with Crippen molar-refractivity contribution in [1.29, 1.82) is 0 Å². The van der Waals surface area contributed by atoms with E-state index in [9.17, 15) is 0 Å². The fourth-order valence-electron chi connectivity index (χ4n) is 4.88. The van der Waals surface area contributed by atoms with E-state index in [4.69, 9.17) is 4.74 Å². The number of fused-ring (bicyclic) bond motifs is 1. The van der Waals surface area contributed by atoms with Crippen molar-refractivity contribution in [2.24, 2.45) is 11.8 Å². The van der Waals surface area contributed by atoms with E-state index >= 15 is 0 Å². The normalized spacial score (nSPS) is 24.1. The van der Waals surface area contributed by atoms with Gasteiger partial charge in [0.05, 0.1) is 18.5 Å². The Morgan fingerprint density at radius 3 is 2.48 bits per heavy atom. The summed E-state index contributed by atoms with van der Waals surface area (Å²) in [4.78, 5) is 9.43. The Kier molecular flexibility index (Phi) is 7.01. The predicted octanol–water partition coefficient (Wildman–Crippen LogP) is 4.29. The molecule has 2 aromatic rings. The molecule has 2 aliphatic rings. The Hall–Kier alpha value is -1.49. The van der Waals surface area contributed by atoms with Gasteiger partial charge in [-0.1, -0.05) is 24.3 Å². The second-order valence-electron chi connectivity index (χ2n) is 7.52. The molecule has 3 atom stereocenters. The summed E-state index contributed by atoms with van der Waals surface area (Å²) in [5, 5.41) is 0. The van der Waals surface area contributed by atoms with E-state index in [1.54, 1.807) is 7.11 Å². The van der Waals surface area contributed by atoms with Crippen molar-refractivity contribution in [3.63, 3.8) is 0 Å². The number of methoxy groups -OCH3 is 1. The van der Waals surface area contributed by atoms with Gasteiger partial charge in [0.15, 0.2) is 5.75 Å². The standard InChI is InChI=1S/C21H27N3O.2ClH/c1-14-7-5-6-8-17(14)20-18-13-24(12-16(18)11-23(20)3)19-9-10-22-15(2)21(19)25-4;;/h5-10,16,18,20H,11-13H2,1-4H3;2*1H/t16-,18+,20+;;/m0../s1. The lowest BCUT2D eigenvalue weighted by Gasteiger charge is -2.29. The van der Waals surface area contributed by atoms with Crippen LogP contribution in [0.3, 0.4) is 0 Å². The molecule has 2 saturated heterocycles. The van der Waals surface area contributed by atoms with Crippen LogP contribution in [0.5, 0.6) is 5.75 Å². The van der Waals surface area contributed by atoms with Gasteiger partial charge < -0.3 is 9.64 Å². The number of likely N-dealkylation sites (tertiary alicyclic amines) is 1. The van der Waals surface area contributed by atoms with Gasteiger partial charge in [0.2, 0.25) is 0 Å². The van der Waals surface area contributed by atoms with Gasteiger partial charge in [-0.25, -0.2) is 0 Å². The molecule has 4 rings (SSSR count). The SMILES string of the molecule is COc1c(N2C[C@@H]3CN(C)[C@H](c4ccccc4C)[C@@H]3C2)ccnc1C.Cl.Cl. The number of halogens is 2. The average Bonchev–Trinajstić information content (AvgIpc) is 3.12. The number of aromatic nitrogens is 1. The highest BCUT2D eigenvalue weighted by Crippen LogP contribution is 2.47. The summed E-state index contributed by atoms with van der Waals surface area (Å²) in [7, 11) is 4.02. The molecule has 0 saturated carbocycles. The van der Waals surface area contributed by atoms with E-state index in [0.717, 1.165) is 31.1 Å². The topological polar surface area (TPSA) is 28.6 Å². The molecule has 0 radical (unpaired) electrons. The van der Waals surface area contributed by atoms with Gasteiger partial charge in [0, 0.05) is 37.8 Å². The summed E-state index contributed by atoms with van der Waals surface area (Å²) in [5.74, 6) is 2.28. The highest BCUT2D eigenvalue weighted by molar-refractivity contribution is 5.85. The molecule has 27 heavy (non-hydrogen) atoms. The molecule has 0 aliphatic carbocycles. The third-order valence-electron chi connectivity index (χ3n) is 6.01. The van der Waals surface area contributed by atoms with Gasteiger partial charge in [-0.15, -0.1) is 24.8 Å². The van der Waals surface area contributed by atoms with Crippen molar-refractivity contribution in [3.8, 4) is 5.75 Å². The molecular formula is C21H29Cl2N3O. The van der Waals surface area contributed by atoms with Crippen LogP contribution in [0.2, 0.25) is 0 Å². The summed E-state index contributed by atoms with van der Waals surface area (Å²) in [6.07, 6.45) is 1.90. The molecule has 4 nitrogen and oxygen atoms in total. The summed E-state index contributed by atoms with van der Waals surface area (Å²) < 4.78 is 5.65. The number of benzene rings is 1. The van der Waals surface area contributed by atoms with E-state index in [1.807, 2.05) is 13.1 Å². The molecule has 6 heteroatoms. The van der Waals surface area contributed by atoms with Crippen LogP contribution in [-0.2, 0) is 0 Å². The quantitative estimate of drug-likeness (QED) is 0.755. The number of nitrogens with zero attached hydrogens (tertiary/aromatic N) is 3. The molecule has 2 aliphatic heterocycles. The molecule has 2 fully saturated rings. The van der Waals surface area contributed by atoms with Gasteiger partial charge in [-0.3, -0.25) is 9.88 Å². The zero-order valence-electron chi connectivity index (χ0n) is 16.4. The summed E-state index contributed by atoms with van der Waals surface area (Å²) in [5.41, 5.74) is 5.04. The van der Waals surface area contributed by atoms with Crippen molar-refractivity contribution in [2.45, 2.75) is 19.9 Å². The monoisotopic (exact) mass is 409 g/mol. The number of pyridine rings is 1. The van der Waals surface area contributed by atoms with Gasteiger partial charge >= 0.3 is 0 Å². The van der Waals surface area contributed by atoms with Crippen LogP contribution in [0.1, 0.15) is 22.9 Å². The first-order chi connectivity index (χ1) is 12.1. The Bertz CT molecular complexity index is 786. The number of ether oxygens (including phenoxy) is 1. The van der Waals surface area contributed by atoms with Crippen LogP contribution in [0, 0.1) is 25.7 Å². The summed E-state index contributed by atoms with van der Waals surface area (Å²) in [6, 6.07) is 11.4. The molecule has 0 bridgehead atoms. The Morgan fingerprint density at radius 2 is 1.78 bits per heavy atom. The van der Waals surface area contributed by atoms with Crippen LogP contribution in [-0.4, -0.2) is 43.7 Å². The molecule has 0 N–H and O–H groups in total. The first-order valence-corrected chi connectivity index (χ1v) is 9.10. The highest BCUT2D eigenvalue weighted by atomic mass is 35.5. The van der Waals surface area contributed by atoms with Crippen molar-refractivity contribution in [3.05, 3.63) is 53.3 Å². The van der Waals surface area contributed by atoms with Crippen molar-refractivity contribution in [2.75, 3.05) is 38.7 Å². The molecule has 3 heterocycles. The van der Waals surface area contributed by atoms with Crippen molar-refractivity contribution >= 4 is 30.5 Å². The van der Waals surface area contributed by atoms with Crippen molar-refractivity contribution < 1.29 is 4.74 Å². The zero-order valence-corrected chi connectivity index (χ0v) is 18.0. The smallest absolute Gasteiger partial charge is 0.163 e. The molecule has 1 aromatic heterocycles. The molecule has 1 aromatic carbocycles. The number of rotatable bonds is 3. The number of aryl methyl sites for hydroxylation is 2. The zero-order chi connectivity index (χ0) is 17.6. The highest BCUT2D eigenvalue weighted by Gasteiger charge is 2.46. The second-order valence-corrected chi connectivity index (χ2v) is 7.52. The first kappa shape index (κ1) is 21.8. The number of anilines is 1. The van der Waals surface area contributed by atoms with Crippen LogP contribution >= 0.6 is 24.8 Å².